The van der Waals surface area contributed by atoms with Crippen molar-refractivity contribution in [2.45, 2.75) is 52.5 Å². The molecule has 4 nitrogen and oxygen atoms in total. The number of amides is 1. The fourth-order valence-electron chi connectivity index (χ4n) is 4.17. The van der Waals surface area contributed by atoms with Crippen LogP contribution in [0.1, 0.15) is 56.1 Å². The summed E-state index contributed by atoms with van der Waals surface area (Å²) in [6.07, 6.45) is 3.93. The van der Waals surface area contributed by atoms with Crippen LogP contribution in [0.4, 0.5) is 10.1 Å². The van der Waals surface area contributed by atoms with E-state index in [1.807, 2.05) is 13.8 Å². The zero-order valence-electron chi connectivity index (χ0n) is 18.2. The number of anilines is 1. The number of nitrogens with zero attached hydrogens (tertiary/aromatic N) is 1. The van der Waals surface area contributed by atoms with Crippen LogP contribution in [0.3, 0.4) is 0 Å². The Morgan fingerprint density at radius 1 is 1.19 bits per heavy atom. The summed E-state index contributed by atoms with van der Waals surface area (Å²) in [6, 6.07) is 7.34. The van der Waals surface area contributed by atoms with Crippen molar-refractivity contribution in [3.63, 3.8) is 0 Å². The van der Waals surface area contributed by atoms with Gasteiger partial charge in [0.05, 0.1) is 11.3 Å². The Kier molecular flexibility index (Phi) is 7.14. The lowest BCUT2D eigenvalue weighted by molar-refractivity contribution is -0.116. The predicted molar refractivity (Wildman–Crippen MR) is 123 cm³/mol. The molecule has 6 heteroatoms. The Morgan fingerprint density at radius 3 is 2.32 bits per heavy atom. The Bertz CT molecular complexity index is 1010. The van der Waals surface area contributed by atoms with Gasteiger partial charge in [-0.2, -0.15) is 0 Å². The van der Waals surface area contributed by atoms with Gasteiger partial charge in [-0.1, -0.05) is 38.5 Å². The minimum absolute atomic E-state index is 0.0852. The van der Waals surface area contributed by atoms with Crippen molar-refractivity contribution < 1.29 is 19.1 Å². The monoisotopic (exact) mass is 441 g/mol. The average Bonchev–Trinajstić information content (AvgIpc) is 3.15. The number of aromatic carboxylic acids is 1. The first kappa shape index (κ1) is 23.0. The molecule has 1 aliphatic rings. The molecule has 1 saturated carbocycles. The normalized spacial score (nSPS) is 18.5. The maximum absolute atomic E-state index is 13.6. The lowest BCUT2D eigenvalue weighted by Crippen LogP contribution is -2.40. The first-order valence-electron chi connectivity index (χ1n) is 10.6. The van der Waals surface area contributed by atoms with Crippen molar-refractivity contribution in [1.82, 2.24) is 0 Å². The number of carbonyl (C=O) groups excluding carboxylic acids is 1. The molecule has 0 aliphatic heterocycles. The van der Waals surface area contributed by atoms with Gasteiger partial charge in [0.2, 0.25) is 0 Å². The van der Waals surface area contributed by atoms with Gasteiger partial charge in [0.1, 0.15) is 10.7 Å². The molecular weight excluding hydrogens is 413 g/mol. The van der Waals surface area contributed by atoms with Crippen LogP contribution >= 0.6 is 11.3 Å². The van der Waals surface area contributed by atoms with Gasteiger partial charge in [0.15, 0.2) is 0 Å². The van der Waals surface area contributed by atoms with Crippen molar-refractivity contribution in [1.29, 1.82) is 0 Å². The third-order valence-corrected chi connectivity index (χ3v) is 7.04. The zero-order valence-corrected chi connectivity index (χ0v) is 19.0. The molecule has 1 amide bonds. The van der Waals surface area contributed by atoms with E-state index < -0.39 is 5.97 Å². The molecule has 3 rings (SSSR count). The number of halogens is 1. The summed E-state index contributed by atoms with van der Waals surface area (Å²) in [5, 5.41) is 9.83. The van der Waals surface area contributed by atoms with E-state index in [4.69, 9.17) is 0 Å². The Morgan fingerprint density at radius 2 is 1.81 bits per heavy atom. The van der Waals surface area contributed by atoms with Gasteiger partial charge < -0.3 is 10.0 Å². The van der Waals surface area contributed by atoms with Gasteiger partial charge in [0, 0.05) is 10.9 Å². The third kappa shape index (κ3) is 4.97. The molecule has 1 N–H and O–H groups in total. The number of hydrogen-bond acceptors (Lipinski definition) is 3. The molecule has 2 aromatic rings. The van der Waals surface area contributed by atoms with E-state index in [1.165, 1.54) is 12.1 Å². The topological polar surface area (TPSA) is 57.6 Å². The third-order valence-electron chi connectivity index (χ3n) is 5.88. The molecule has 0 radical (unpaired) electrons. The second-order valence-electron chi connectivity index (χ2n) is 8.45. The van der Waals surface area contributed by atoms with Crippen molar-refractivity contribution in [2.75, 3.05) is 4.90 Å². The summed E-state index contributed by atoms with van der Waals surface area (Å²) in [5.74, 6) is -0.961. The number of benzene rings is 1. The Hall–Kier alpha value is -2.69. The van der Waals surface area contributed by atoms with Gasteiger partial charge >= 0.3 is 5.97 Å². The van der Waals surface area contributed by atoms with Crippen molar-refractivity contribution in [3.05, 3.63) is 58.9 Å². The van der Waals surface area contributed by atoms with Gasteiger partial charge in [-0.3, -0.25) is 4.79 Å². The first-order valence-corrected chi connectivity index (χ1v) is 11.4. The fraction of sp³-hybridized carbons (Fsp3) is 0.400. The summed E-state index contributed by atoms with van der Waals surface area (Å²) in [7, 11) is 0. The van der Waals surface area contributed by atoms with Gasteiger partial charge in [-0.05, 0) is 62.3 Å². The van der Waals surface area contributed by atoms with Crippen LogP contribution < -0.4 is 4.90 Å². The fourth-order valence-corrected chi connectivity index (χ4v) is 5.16. The SMILES string of the molecule is C=C=C(C(=O)N(c1cc(-c2ccc(F)cc2)sc1C(=O)O)C(C)C)C1CCC(C)CC1. The van der Waals surface area contributed by atoms with Crippen molar-refractivity contribution >= 4 is 28.9 Å². The summed E-state index contributed by atoms with van der Waals surface area (Å²) in [5.41, 5.74) is 4.47. The second-order valence-corrected chi connectivity index (χ2v) is 9.51. The molecule has 1 fully saturated rings. The van der Waals surface area contributed by atoms with Gasteiger partial charge in [-0.15, -0.1) is 17.1 Å². The van der Waals surface area contributed by atoms with Crippen molar-refractivity contribution in [2.24, 2.45) is 11.8 Å². The van der Waals surface area contributed by atoms with Crippen LogP contribution in [0.15, 0.2) is 48.2 Å². The lowest BCUT2D eigenvalue weighted by Gasteiger charge is -2.32. The molecule has 1 aliphatic carbocycles. The van der Waals surface area contributed by atoms with E-state index in [2.05, 4.69) is 19.2 Å². The molecule has 0 bridgehead atoms. The zero-order chi connectivity index (χ0) is 22.7. The Balaban J connectivity index is 2.02. The smallest absolute Gasteiger partial charge is 0.348 e. The largest absolute Gasteiger partial charge is 0.477 e. The number of carboxylic acids is 1. The molecule has 0 saturated heterocycles. The number of carboxylic acid groups (broad SMARTS) is 1. The number of carbonyl (C=O) groups is 2. The molecule has 0 spiro atoms. The van der Waals surface area contributed by atoms with Crippen molar-refractivity contribution in [3.8, 4) is 10.4 Å². The van der Waals surface area contributed by atoms with E-state index >= 15 is 0 Å². The highest BCUT2D eigenvalue weighted by Crippen LogP contribution is 2.40. The van der Waals surface area contributed by atoms with Crippen LogP contribution in [0, 0.1) is 17.7 Å². The first-order chi connectivity index (χ1) is 14.7. The molecule has 1 aromatic heterocycles. The minimum atomic E-state index is -1.09. The number of hydrogen-bond donors (Lipinski definition) is 1. The highest BCUT2D eigenvalue weighted by molar-refractivity contribution is 7.18. The maximum Gasteiger partial charge on any atom is 0.348 e. The molecule has 1 heterocycles. The quantitative estimate of drug-likeness (QED) is 0.409. The standard InChI is InChI=1S/C25H28FNO3S/c1-5-20(17-8-6-16(4)7-9-17)24(28)27(15(2)3)21-14-22(31-23(21)25(29)30)18-10-12-19(26)13-11-18/h10-17H,1,6-9H2,2-4H3,(H,29,30). The summed E-state index contributed by atoms with van der Waals surface area (Å²) in [6.45, 7) is 9.72. The molecular formula is C25H28FNO3S. The maximum atomic E-state index is 13.6. The van der Waals surface area contributed by atoms with Gasteiger partial charge in [0.25, 0.3) is 5.91 Å². The van der Waals surface area contributed by atoms with E-state index in [0.29, 0.717) is 27.6 Å². The number of rotatable bonds is 6. The minimum Gasteiger partial charge on any atom is -0.477 e. The van der Waals surface area contributed by atoms with Gasteiger partial charge in [-0.25, -0.2) is 9.18 Å². The lowest BCUT2D eigenvalue weighted by atomic mass is 9.79. The van der Waals surface area contributed by atoms with E-state index in [9.17, 15) is 19.1 Å². The second kappa shape index (κ2) is 9.63. The number of thiophene rings is 1. The molecule has 31 heavy (non-hydrogen) atoms. The predicted octanol–water partition coefficient (Wildman–Crippen LogP) is 6.53. The average molecular weight is 442 g/mol. The Labute approximate surface area is 186 Å². The van der Waals surface area contributed by atoms with E-state index in [0.717, 1.165) is 37.0 Å². The highest BCUT2D eigenvalue weighted by Gasteiger charge is 2.33. The molecule has 1 aromatic carbocycles. The highest BCUT2D eigenvalue weighted by atomic mass is 32.1. The van der Waals surface area contributed by atoms with Crippen LogP contribution in [0.25, 0.3) is 10.4 Å². The molecule has 0 unspecified atom stereocenters. The molecule has 164 valence electrons. The van der Waals surface area contributed by atoms with E-state index in [-0.39, 0.29) is 28.6 Å². The van der Waals surface area contributed by atoms with Crippen LogP contribution in [0.2, 0.25) is 0 Å². The summed E-state index contributed by atoms with van der Waals surface area (Å²) < 4.78 is 13.3. The summed E-state index contributed by atoms with van der Waals surface area (Å²) in [4.78, 5) is 27.9. The van der Waals surface area contributed by atoms with Crippen LogP contribution in [-0.4, -0.2) is 23.0 Å². The van der Waals surface area contributed by atoms with Crippen LogP contribution in [0.5, 0.6) is 0 Å². The van der Waals surface area contributed by atoms with E-state index in [1.54, 1.807) is 23.1 Å². The molecule has 0 atom stereocenters. The van der Waals surface area contributed by atoms with Crippen LogP contribution in [-0.2, 0) is 4.79 Å². The summed E-state index contributed by atoms with van der Waals surface area (Å²) >= 11 is 1.08.